The molecule has 0 saturated carbocycles. The number of hydrogen-bond acceptors (Lipinski definition) is 2. The van der Waals surface area contributed by atoms with Crippen molar-refractivity contribution in [2.75, 3.05) is 0 Å². The Morgan fingerprint density at radius 1 is 1.46 bits per heavy atom. The molecule has 0 amide bonds. The van der Waals surface area contributed by atoms with E-state index in [1.54, 1.807) is 0 Å². The molecule has 0 bridgehead atoms. The molecule has 1 rings (SSSR count). The summed E-state index contributed by atoms with van der Waals surface area (Å²) in [5.74, 6) is -0.114. The van der Waals surface area contributed by atoms with E-state index in [0.717, 1.165) is 6.92 Å². The van der Waals surface area contributed by atoms with Gasteiger partial charge in [0.2, 0.25) is 0 Å². The predicted molar refractivity (Wildman–Crippen MR) is 41.0 cm³/mol. The average Bonchev–Trinajstić information content (AvgIpc) is 2.33. The van der Waals surface area contributed by atoms with Crippen LogP contribution >= 0.6 is 0 Å². The van der Waals surface area contributed by atoms with Crippen molar-refractivity contribution >= 4 is 5.78 Å². The van der Waals surface area contributed by atoms with Crippen LogP contribution in [-0.4, -0.2) is 18.0 Å². The van der Waals surface area contributed by atoms with Gasteiger partial charge in [0.1, 0.15) is 6.04 Å². The van der Waals surface area contributed by atoms with Crippen molar-refractivity contribution in [3.05, 3.63) is 11.8 Å². The third-order valence-corrected chi connectivity index (χ3v) is 1.87. The lowest BCUT2D eigenvalue weighted by Gasteiger charge is -2.18. The number of ketones is 1. The summed E-state index contributed by atoms with van der Waals surface area (Å²) in [5, 5.41) is 2.26. The van der Waals surface area contributed by atoms with Crippen LogP contribution in [0.2, 0.25) is 0 Å². The fourth-order valence-electron chi connectivity index (χ4n) is 1.07. The Hall–Kier alpha value is -1.00. The van der Waals surface area contributed by atoms with E-state index in [1.165, 1.54) is 6.08 Å². The fraction of sp³-hybridized carbons (Fsp3) is 0.625. The monoisotopic (exact) mass is 193 g/mol. The molecule has 13 heavy (non-hydrogen) atoms. The molecule has 0 saturated heterocycles. The Kier molecular flexibility index (Phi) is 2.63. The van der Waals surface area contributed by atoms with Gasteiger partial charge < -0.3 is 5.32 Å². The van der Waals surface area contributed by atoms with E-state index in [2.05, 4.69) is 5.32 Å². The lowest BCUT2D eigenvalue weighted by atomic mass is 10.3. The van der Waals surface area contributed by atoms with Crippen LogP contribution in [0.1, 0.15) is 19.8 Å². The SMILES string of the molecule is CC(NC1=CC(=O)CC1)C(F)(F)F. The Balaban J connectivity index is 2.50. The van der Waals surface area contributed by atoms with Gasteiger partial charge in [0.05, 0.1) is 0 Å². The van der Waals surface area contributed by atoms with E-state index < -0.39 is 12.2 Å². The summed E-state index contributed by atoms with van der Waals surface area (Å²) in [6, 6.07) is -1.59. The van der Waals surface area contributed by atoms with E-state index >= 15 is 0 Å². The van der Waals surface area contributed by atoms with Crippen molar-refractivity contribution in [2.45, 2.75) is 32.0 Å². The van der Waals surface area contributed by atoms with E-state index in [9.17, 15) is 18.0 Å². The van der Waals surface area contributed by atoms with Gasteiger partial charge in [-0.15, -0.1) is 0 Å². The van der Waals surface area contributed by atoms with Crippen LogP contribution in [0.4, 0.5) is 13.2 Å². The minimum absolute atomic E-state index is 0.114. The third kappa shape index (κ3) is 2.75. The van der Waals surface area contributed by atoms with E-state index in [1.807, 2.05) is 0 Å². The molecule has 0 radical (unpaired) electrons. The van der Waals surface area contributed by atoms with Crippen molar-refractivity contribution in [1.29, 1.82) is 0 Å². The molecular formula is C8H10F3NO. The smallest absolute Gasteiger partial charge is 0.377 e. The molecule has 1 unspecified atom stereocenters. The second-order valence-corrected chi connectivity index (χ2v) is 3.04. The number of nitrogens with one attached hydrogen (secondary N) is 1. The van der Waals surface area contributed by atoms with Gasteiger partial charge in [-0.05, 0) is 13.3 Å². The normalized spacial score (nSPS) is 20.0. The van der Waals surface area contributed by atoms with Gasteiger partial charge in [0, 0.05) is 18.2 Å². The number of hydrogen-bond donors (Lipinski definition) is 1. The van der Waals surface area contributed by atoms with E-state index in [-0.39, 0.29) is 5.78 Å². The van der Waals surface area contributed by atoms with Crippen LogP contribution in [0, 0.1) is 0 Å². The highest BCUT2D eigenvalue weighted by Gasteiger charge is 2.36. The largest absolute Gasteiger partial charge is 0.408 e. The van der Waals surface area contributed by atoms with Gasteiger partial charge >= 0.3 is 6.18 Å². The molecule has 0 heterocycles. The molecule has 1 N–H and O–H groups in total. The first-order chi connectivity index (χ1) is 5.89. The Labute approximate surface area is 73.8 Å². The number of rotatable bonds is 2. The molecule has 1 atom stereocenters. The highest BCUT2D eigenvalue weighted by Crippen LogP contribution is 2.22. The molecule has 5 heteroatoms. The number of carbonyl (C=O) groups excluding carboxylic acids is 1. The number of allylic oxidation sites excluding steroid dienone is 2. The zero-order chi connectivity index (χ0) is 10.1. The highest BCUT2D eigenvalue weighted by molar-refractivity contribution is 5.92. The van der Waals surface area contributed by atoms with Gasteiger partial charge in [-0.2, -0.15) is 13.2 Å². The van der Waals surface area contributed by atoms with E-state index in [0.29, 0.717) is 18.5 Å². The van der Waals surface area contributed by atoms with Crippen LogP contribution in [-0.2, 0) is 4.79 Å². The maximum atomic E-state index is 12.0. The summed E-state index contributed by atoms with van der Waals surface area (Å²) in [6.45, 7) is 1.03. The quantitative estimate of drug-likeness (QED) is 0.724. The van der Waals surface area contributed by atoms with Crippen molar-refractivity contribution in [3.63, 3.8) is 0 Å². The van der Waals surface area contributed by atoms with Crippen LogP contribution in [0.5, 0.6) is 0 Å². The maximum Gasteiger partial charge on any atom is 0.408 e. The summed E-state index contributed by atoms with van der Waals surface area (Å²) in [6.07, 6.45) is -2.32. The zero-order valence-electron chi connectivity index (χ0n) is 7.11. The molecule has 0 aliphatic heterocycles. The molecule has 2 nitrogen and oxygen atoms in total. The van der Waals surface area contributed by atoms with E-state index in [4.69, 9.17) is 0 Å². The summed E-state index contributed by atoms with van der Waals surface area (Å²) in [7, 11) is 0. The summed E-state index contributed by atoms with van der Waals surface area (Å²) in [4.78, 5) is 10.7. The van der Waals surface area contributed by atoms with Crippen molar-refractivity contribution in [2.24, 2.45) is 0 Å². The first-order valence-corrected chi connectivity index (χ1v) is 3.96. The van der Waals surface area contributed by atoms with Crippen LogP contribution < -0.4 is 5.32 Å². The highest BCUT2D eigenvalue weighted by atomic mass is 19.4. The van der Waals surface area contributed by atoms with Gasteiger partial charge in [-0.3, -0.25) is 4.79 Å². The Morgan fingerprint density at radius 3 is 2.46 bits per heavy atom. The molecule has 74 valence electrons. The van der Waals surface area contributed by atoms with Gasteiger partial charge in [-0.25, -0.2) is 0 Å². The molecule has 0 aromatic heterocycles. The predicted octanol–water partition coefficient (Wildman–Crippen LogP) is 1.77. The standard InChI is InChI=1S/C8H10F3NO/c1-5(8(9,10)11)12-6-2-3-7(13)4-6/h4-5,12H,2-3H2,1H3. The van der Waals surface area contributed by atoms with Gasteiger partial charge in [-0.1, -0.05) is 0 Å². The number of halogens is 3. The average molecular weight is 193 g/mol. The van der Waals surface area contributed by atoms with Crippen LogP contribution in [0.3, 0.4) is 0 Å². The number of alkyl halides is 3. The minimum Gasteiger partial charge on any atom is -0.377 e. The first-order valence-electron chi connectivity index (χ1n) is 3.96. The topological polar surface area (TPSA) is 29.1 Å². The zero-order valence-corrected chi connectivity index (χ0v) is 7.11. The lowest BCUT2D eigenvalue weighted by molar-refractivity contribution is -0.149. The molecule has 0 aromatic carbocycles. The van der Waals surface area contributed by atoms with Crippen LogP contribution in [0.15, 0.2) is 11.8 Å². The van der Waals surface area contributed by atoms with Gasteiger partial charge in [0.15, 0.2) is 5.78 Å². The second-order valence-electron chi connectivity index (χ2n) is 3.04. The summed E-state index contributed by atoms with van der Waals surface area (Å²) < 4.78 is 36.1. The van der Waals surface area contributed by atoms with Gasteiger partial charge in [0.25, 0.3) is 0 Å². The fourth-order valence-corrected chi connectivity index (χ4v) is 1.07. The van der Waals surface area contributed by atoms with Crippen LogP contribution in [0.25, 0.3) is 0 Å². The molecule has 0 spiro atoms. The third-order valence-electron chi connectivity index (χ3n) is 1.87. The second kappa shape index (κ2) is 3.40. The molecule has 1 aliphatic carbocycles. The minimum atomic E-state index is -4.26. The molecule has 1 aliphatic rings. The Bertz CT molecular complexity index is 244. The Morgan fingerprint density at radius 2 is 2.08 bits per heavy atom. The van der Waals surface area contributed by atoms with Crippen molar-refractivity contribution < 1.29 is 18.0 Å². The summed E-state index contributed by atoms with van der Waals surface area (Å²) in [5.41, 5.74) is 0.384. The number of carbonyl (C=O) groups is 1. The first kappa shape index (κ1) is 10.1. The molecule has 0 fully saturated rings. The summed E-state index contributed by atoms with van der Waals surface area (Å²) >= 11 is 0. The molecular weight excluding hydrogens is 183 g/mol. The lowest BCUT2D eigenvalue weighted by Crippen LogP contribution is -2.38. The maximum absolute atomic E-state index is 12.0. The van der Waals surface area contributed by atoms with Crippen molar-refractivity contribution in [1.82, 2.24) is 5.32 Å². The van der Waals surface area contributed by atoms with Crippen molar-refractivity contribution in [3.8, 4) is 0 Å². The molecule has 0 aromatic rings.